The van der Waals surface area contributed by atoms with E-state index in [9.17, 15) is 0 Å². The van der Waals surface area contributed by atoms with Crippen molar-refractivity contribution in [3.8, 4) is 0 Å². The molecule has 0 amide bonds. The van der Waals surface area contributed by atoms with Crippen molar-refractivity contribution in [3.05, 3.63) is 121 Å². The van der Waals surface area contributed by atoms with Crippen LogP contribution in [0.2, 0.25) is 0 Å². The standard InChI is InChI=1S/C12H12NP.CHO.9CO.CH2.3Fe/c14-13(11-7-3-1-4-8-11)12-9-5-2-6-10-12;10*1-2;;;;/h1-10H,14H2;1H;;;;;;;;;;1H2;;;/q;-1;;;;;;;;;;;;;+1. The summed E-state index contributed by atoms with van der Waals surface area (Å²) in [6, 6.07) is 20.5. The summed E-state index contributed by atoms with van der Waals surface area (Å²) in [5.74, 6) is 0. The number of anilines is 2. The van der Waals surface area contributed by atoms with Gasteiger partial charge in [-0.2, -0.15) is 0 Å². The summed E-state index contributed by atoms with van der Waals surface area (Å²) in [5.41, 5.74) is 5.34. The van der Waals surface area contributed by atoms with Crippen LogP contribution in [0.1, 0.15) is 0 Å². The van der Waals surface area contributed by atoms with Crippen LogP contribution < -0.4 is 4.67 Å². The van der Waals surface area contributed by atoms with Gasteiger partial charge in [0.25, 0.3) is 0 Å². The van der Waals surface area contributed by atoms with Crippen molar-refractivity contribution < 1.29 is 96.4 Å². The van der Waals surface area contributed by atoms with Gasteiger partial charge in [-0.15, -0.1) is 0 Å². The summed E-state index contributed by atoms with van der Waals surface area (Å²) < 4.78 is 69.6. The number of nitrogens with zero attached hydrogens (tertiary/aromatic N) is 1. The minimum absolute atomic E-state index is 0. The SMILES string of the molecule is PN(c1ccccc1)c1ccccc1.[C-]#[O+].[C-]#[O+].[C-]#[O+].[C-]#[O+].[C-]#[O+].[C-]#[O+].[C-]#[O+].[C-]#[O+].[C-]#[O+].[CH-]=O.[CH2]=[Fe+].[Fe].[Fe]. The van der Waals surface area contributed by atoms with Gasteiger partial charge in [-0.05, 0) is 33.7 Å². The van der Waals surface area contributed by atoms with Crippen molar-refractivity contribution in [1.29, 1.82) is 0 Å². The van der Waals surface area contributed by atoms with Gasteiger partial charge >= 0.3 is 123 Å². The Hall–Kier alpha value is -2.57. The Kier molecular flexibility index (Phi) is 287. The Labute approximate surface area is 253 Å². The molecule has 0 aromatic heterocycles. The van der Waals surface area contributed by atoms with Crippen LogP contribution in [0.4, 0.5) is 11.4 Å². The van der Waals surface area contributed by atoms with Crippen molar-refractivity contribution in [2.45, 2.75) is 0 Å². The van der Waals surface area contributed by atoms with Crippen LogP contribution >= 0.6 is 9.39 Å². The maximum Gasteiger partial charge on any atom is 0 e. The van der Waals surface area contributed by atoms with Crippen LogP contribution in [0, 0.1) is 59.9 Å². The van der Waals surface area contributed by atoms with Gasteiger partial charge in [-0.25, -0.2) is 0 Å². The second-order valence-corrected chi connectivity index (χ2v) is 3.56. The van der Waals surface area contributed by atoms with E-state index in [4.69, 9.17) is 46.7 Å². The third kappa shape index (κ3) is 76.6. The number of benzene rings is 2. The molecule has 201 valence electrons. The molecule has 11 nitrogen and oxygen atoms in total. The van der Waals surface area contributed by atoms with Crippen molar-refractivity contribution >= 4 is 33.0 Å². The first-order valence-corrected chi connectivity index (χ1v) is 8.15. The Balaban J connectivity index is -0.0000000242. The molecule has 2 rings (SSSR count). The molecule has 0 fully saturated rings. The van der Waals surface area contributed by atoms with Gasteiger partial charge < -0.3 is 9.46 Å². The Morgan fingerprint density at radius 2 is 0.632 bits per heavy atom. The molecule has 0 radical (unpaired) electrons. The third-order valence-electron chi connectivity index (χ3n) is 2.07. The average molecular weight is 664 g/mol. The molecule has 0 aliphatic heterocycles. The van der Waals surface area contributed by atoms with Crippen LogP contribution in [0.3, 0.4) is 0 Å². The molecule has 1 unspecified atom stereocenters. The van der Waals surface area contributed by atoms with Gasteiger partial charge in [-0.3, -0.25) is 6.79 Å². The van der Waals surface area contributed by atoms with Crippen molar-refractivity contribution in [1.82, 2.24) is 0 Å². The minimum atomic E-state index is 0. The Morgan fingerprint density at radius 3 is 0.763 bits per heavy atom. The first-order valence-electron chi connectivity index (χ1n) is 6.85. The van der Waals surface area contributed by atoms with Crippen LogP contribution in [0.25, 0.3) is 0 Å². The fourth-order valence-electron chi connectivity index (χ4n) is 1.33. The van der Waals surface area contributed by atoms with Crippen molar-refractivity contribution in [2.24, 2.45) is 0 Å². The topological polar surface area (TPSA) is 199 Å². The molecule has 0 bridgehead atoms. The van der Waals surface area contributed by atoms with Gasteiger partial charge in [0.15, 0.2) is 0 Å². The van der Waals surface area contributed by atoms with Gasteiger partial charge in [0.2, 0.25) is 0 Å². The molecule has 0 aliphatic rings. The minimum Gasteiger partial charge on any atom is 0 e. The van der Waals surface area contributed by atoms with E-state index in [1.807, 2.05) is 36.4 Å². The number of para-hydroxylation sites is 2. The second-order valence-electron chi connectivity index (χ2n) is 3.04. The fraction of sp³-hybridized carbons (Fsp3) is 0. The smallest absolute Gasteiger partial charge is 0 e. The van der Waals surface area contributed by atoms with E-state index < -0.39 is 0 Å². The number of rotatable bonds is 2. The summed E-state index contributed by atoms with van der Waals surface area (Å²) in [7, 11) is 2.72. The maximum absolute atomic E-state index is 7.75. The van der Waals surface area contributed by atoms with Gasteiger partial charge in [-0.1, -0.05) is 36.4 Å². The molecule has 0 spiro atoms. The van der Waals surface area contributed by atoms with E-state index in [0.717, 1.165) is 0 Å². The molecule has 38 heavy (non-hydrogen) atoms. The predicted octanol–water partition coefficient (Wildman–Crippen LogP) is 2.96. The number of hydrogen-bond donors (Lipinski definition) is 0. The molecule has 15 heteroatoms. The molecule has 0 saturated carbocycles. The molecular formula is C23H15Fe3NO10P. The summed E-state index contributed by atoms with van der Waals surface area (Å²) >= 11 is 3.00. The van der Waals surface area contributed by atoms with Crippen molar-refractivity contribution in [2.75, 3.05) is 4.67 Å². The number of hydrogen-bond acceptors (Lipinski definition) is 2. The summed E-state index contributed by atoms with van der Waals surface area (Å²) in [4.78, 5) is 7.75. The van der Waals surface area contributed by atoms with Crippen LogP contribution in [0.15, 0.2) is 60.7 Å². The van der Waals surface area contributed by atoms with E-state index in [1.165, 1.54) is 11.4 Å². The molecule has 0 N–H and O–H groups in total. The number of carbonyl (C=O) groups excluding carboxylic acids is 1. The Bertz CT molecular complexity index is 681. The molecule has 2 aromatic rings. The molecule has 0 heterocycles. The second kappa shape index (κ2) is 143. The first-order chi connectivity index (χ1) is 17.9. The summed E-state index contributed by atoms with van der Waals surface area (Å²) in [5, 5.41) is 0. The third-order valence-corrected chi connectivity index (χ3v) is 2.67. The van der Waals surface area contributed by atoms with E-state index in [-0.39, 0.29) is 34.1 Å². The van der Waals surface area contributed by atoms with Crippen LogP contribution in [-0.2, 0) is 96.4 Å². The first kappa shape index (κ1) is 76.5. The van der Waals surface area contributed by atoms with Crippen LogP contribution in [-0.4, -0.2) is 12.2 Å². The monoisotopic (exact) mass is 664 g/mol. The largest absolute Gasteiger partial charge is 0 e. The normalized spacial score (nSPS) is 4.29. The summed E-state index contributed by atoms with van der Waals surface area (Å²) in [6.07, 6.45) is 0. The molecule has 1 atom stereocenters. The van der Waals surface area contributed by atoms with Gasteiger partial charge in [0, 0.05) is 45.5 Å². The zero-order chi connectivity index (χ0) is 31.8. The van der Waals surface area contributed by atoms with E-state index in [0.29, 0.717) is 0 Å². The zero-order valence-electron chi connectivity index (χ0n) is 18.7. The van der Waals surface area contributed by atoms with Gasteiger partial charge in [0.05, 0.1) is 0 Å². The predicted molar refractivity (Wildman–Crippen MR) is 114 cm³/mol. The molecule has 2 aromatic carbocycles. The Morgan fingerprint density at radius 1 is 0.500 bits per heavy atom. The van der Waals surface area contributed by atoms with Crippen molar-refractivity contribution in [3.63, 3.8) is 0 Å². The van der Waals surface area contributed by atoms with E-state index >= 15 is 0 Å². The van der Waals surface area contributed by atoms with Crippen LogP contribution in [0.5, 0.6) is 0 Å². The fourth-order valence-corrected chi connectivity index (χ4v) is 1.67. The molecule has 0 aliphatic carbocycles. The van der Waals surface area contributed by atoms with E-state index in [1.54, 1.807) is 0 Å². The molecular weight excluding hydrogens is 649 g/mol. The molecule has 0 saturated heterocycles. The maximum atomic E-state index is 7.75. The zero-order valence-corrected chi connectivity index (χ0v) is 23.2. The quantitative estimate of drug-likeness (QED) is 0.157. The van der Waals surface area contributed by atoms with E-state index in [2.05, 4.69) is 126 Å². The summed E-state index contributed by atoms with van der Waals surface area (Å²) in [6.45, 7) is 43.8. The van der Waals surface area contributed by atoms with Gasteiger partial charge in [0.1, 0.15) is 0 Å². The average Bonchev–Trinajstić information content (AvgIpc) is 3.08.